The molecule has 2 aliphatic rings. The van der Waals surface area contributed by atoms with Gasteiger partial charge in [-0.2, -0.15) is 0 Å². The molecule has 0 aromatic heterocycles. The zero-order chi connectivity index (χ0) is 25.4. The third-order valence-electron chi connectivity index (χ3n) is 7.42. The Morgan fingerprint density at radius 3 is 2.50 bits per heavy atom. The zero-order valence-electron chi connectivity index (χ0n) is 20.2. The Balaban J connectivity index is 1.64. The number of likely N-dealkylation sites (tertiary alicyclic amines) is 1. The predicted octanol–water partition coefficient (Wildman–Crippen LogP) is 3.74. The van der Waals surface area contributed by atoms with Crippen molar-refractivity contribution in [2.24, 2.45) is 11.8 Å². The maximum absolute atomic E-state index is 13.7. The van der Waals surface area contributed by atoms with Crippen molar-refractivity contribution in [2.75, 3.05) is 13.7 Å². The van der Waals surface area contributed by atoms with Crippen molar-refractivity contribution in [1.29, 1.82) is 0 Å². The maximum Gasteiger partial charge on any atom is 0.325 e. The number of imide groups is 1. The molecule has 4 atom stereocenters. The molecule has 2 amide bonds. The lowest BCUT2D eigenvalue weighted by Gasteiger charge is -2.31. The number of amides is 2. The molecule has 0 radical (unpaired) electrons. The van der Waals surface area contributed by atoms with Gasteiger partial charge in [-0.15, -0.1) is 0 Å². The zero-order valence-corrected chi connectivity index (χ0v) is 20.2. The van der Waals surface area contributed by atoms with Crippen LogP contribution in [0, 0.1) is 11.8 Å². The number of nitrogens with zero attached hydrogens (tertiary/aromatic N) is 1. The van der Waals surface area contributed by atoms with Gasteiger partial charge in [-0.25, -0.2) is 0 Å². The molecule has 36 heavy (non-hydrogen) atoms. The fraction of sp³-hybridized carbons (Fsp3) is 0.276. The second-order valence-electron chi connectivity index (χ2n) is 9.36. The standard InChI is InChI=1S/C29H28N2O5/c1-3-4-15-31-26(32)23-24(27(31)33)29(28(34)35,30-25(23)21-11-7-8-12-22(21)36-2)17-18-13-14-19-9-5-6-10-20(19)16-18/h3-14,16,23-25,30H,15,17H2,1-2H3,(H,34,35)/b4-3+. The van der Waals surface area contributed by atoms with Crippen molar-refractivity contribution in [2.45, 2.75) is 24.9 Å². The number of fused-ring (bicyclic) bond motifs is 2. The van der Waals surface area contributed by atoms with Crippen LogP contribution >= 0.6 is 0 Å². The fourth-order valence-corrected chi connectivity index (χ4v) is 5.75. The summed E-state index contributed by atoms with van der Waals surface area (Å²) in [5.41, 5.74) is -0.239. The molecule has 3 aromatic rings. The van der Waals surface area contributed by atoms with Crippen LogP contribution in [-0.4, -0.2) is 47.0 Å². The largest absolute Gasteiger partial charge is 0.496 e. The molecule has 2 fully saturated rings. The summed E-state index contributed by atoms with van der Waals surface area (Å²) in [5, 5.41) is 15.9. The highest BCUT2D eigenvalue weighted by Gasteiger charge is 2.68. The van der Waals surface area contributed by atoms with Crippen molar-refractivity contribution in [1.82, 2.24) is 10.2 Å². The average molecular weight is 485 g/mol. The van der Waals surface area contributed by atoms with Crippen molar-refractivity contribution >= 4 is 28.6 Å². The number of carbonyl (C=O) groups excluding carboxylic acids is 2. The summed E-state index contributed by atoms with van der Waals surface area (Å²) >= 11 is 0. The summed E-state index contributed by atoms with van der Waals surface area (Å²) < 4.78 is 5.55. The van der Waals surface area contributed by atoms with Gasteiger partial charge in [0.1, 0.15) is 11.3 Å². The summed E-state index contributed by atoms with van der Waals surface area (Å²) in [7, 11) is 1.53. The van der Waals surface area contributed by atoms with E-state index >= 15 is 0 Å². The van der Waals surface area contributed by atoms with Gasteiger partial charge in [-0.3, -0.25) is 24.6 Å². The van der Waals surface area contributed by atoms with E-state index in [-0.39, 0.29) is 18.9 Å². The smallest absolute Gasteiger partial charge is 0.325 e. The van der Waals surface area contributed by atoms with E-state index in [4.69, 9.17) is 4.74 Å². The molecule has 4 unspecified atom stereocenters. The first-order chi connectivity index (χ1) is 17.4. The maximum atomic E-state index is 13.7. The highest BCUT2D eigenvalue weighted by Crippen LogP contribution is 2.51. The highest BCUT2D eigenvalue weighted by atomic mass is 16.5. The van der Waals surface area contributed by atoms with Crippen molar-refractivity contribution in [3.63, 3.8) is 0 Å². The number of methoxy groups -OCH3 is 1. The van der Waals surface area contributed by atoms with Gasteiger partial charge < -0.3 is 9.84 Å². The number of hydrogen-bond donors (Lipinski definition) is 2. The van der Waals surface area contributed by atoms with E-state index in [1.807, 2.05) is 67.6 Å². The quantitative estimate of drug-likeness (QED) is 0.392. The number of para-hydroxylation sites is 1. The molecule has 0 aliphatic carbocycles. The Morgan fingerprint density at radius 1 is 1.06 bits per heavy atom. The van der Waals surface area contributed by atoms with Crippen molar-refractivity contribution in [3.8, 4) is 5.75 Å². The van der Waals surface area contributed by atoms with E-state index in [0.717, 1.165) is 16.3 Å². The Morgan fingerprint density at radius 2 is 1.78 bits per heavy atom. The Kier molecular flexibility index (Phi) is 6.10. The molecule has 3 aromatic carbocycles. The summed E-state index contributed by atoms with van der Waals surface area (Å²) in [6.07, 6.45) is 3.55. The molecule has 184 valence electrons. The molecule has 2 saturated heterocycles. The van der Waals surface area contributed by atoms with Gasteiger partial charge in [0.2, 0.25) is 11.8 Å². The minimum absolute atomic E-state index is 0.0520. The molecule has 7 nitrogen and oxygen atoms in total. The van der Waals surface area contributed by atoms with Crippen LogP contribution < -0.4 is 10.1 Å². The van der Waals surface area contributed by atoms with E-state index in [2.05, 4.69) is 5.32 Å². The average Bonchev–Trinajstić information content (AvgIpc) is 3.36. The van der Waals surface area contributed by atoms with Crippen LogP contribution in [0.4, 0.5) is 0 Å². The molecule has 0 saturated carbocycles. The van der Waals surface area contributed by atoms with Crippen LogP contribution in [0.15, 0.2) is 78.9 Å². The molecule has 5 rings (SSSR count). The summed E-state index contributed by atoms with van der Waals surface area (Å²) in [4.78, 5) is 41.6. The molecule has 2 heterocycles. The van der Waals surface area contributed by atoms with Gasteiger partial charge in [0, 0.05) is 24.6 Å². The number of carbonyl (C=O) groups is 3. The van der Waals surface area contributed by atoms with E-state index < -0.39 is 35.3 Å². The van der Waals surface area contributed by atoms with Crippen molar-refractivity contribution in [3.05, 3.63) is 90.0 Å². The van der Waals surface area contributed by atoms with Gasteiger partial charge in [0.05, 0.1) is 18.9 Å². The molecule has 0 spiro atoms. The van der Waals surface area contributed by atoms with Gasteiger partial charge >= 0.3 is 5.97 Å². The van der Waals surface area contributed by atoms with Gasteiger partial charge in [0.25, 0.3) is 0 Å². The summed E-state index contributed by atoms with van der Waals surface area (Å²) in [6, 6.07) is 20.1. The van der Waals surface area contributed by atoms with Gasteiger partial charge in [0.15, 0.2) is 0 Å². The van der Waals surface area contributed by atoms with E-state index in [0.29, 0.717) is 11.3 Å². The first-order valence-corrected chi connectivity index (χ1v) is 12.0. The minimum atomic E-state index is -1.67. The fourth-order valence-electron chi connectivity index (χ4n) is 5.75. The lowest BCUT2D eigenvalue weighted by molar-refractivity contribution is -0.151. The van der Waals surface area contributed by atoms with E-state index in [9.17, 15) is 19.5 Å². The Bertz CT molecular complexity index is 1380. The Hall–Kier alpha value is -3.97. The SMILES string of the molecule is C/C=C/CN1C(=O)C2C(c3ccccc3OC)NC(Cc3ccc4ccccc4c3)(C(=O)O)C2C1=O. The second kappa shape index (κ2) is 9.24. The molecular weight excluding hydrogens is 456 g/mol. The summed E-state index contributed by atoms with van der Waals surface area (Å²) in [6.45, 7) is 1.93. The van der Waals surface area contributed by atoms with Crippen LogP contribution in [0.5, 0.6) is 5.75 Å². The minimum Gasteiger partial charge on any atom is -0.496 e. The first kappa shape index (κ1) is 23.8. The monoisotopic (exact) mass is 484 g/mol. The topological polar surface area (TPSA) is 95.9 Å². The second-order valence-corrected chi connectivity index (χ2v) is 9.36. The number of carboxylic acid groups (broad SMARTS) is 1. The summed E-state index contributed by atoms with van der Waals surface area (Å²) in [5.74, 6) is -3.38. The normalized spacial score (nSPS) is 25.6. The third kappa shape index (κ3) is 3.67. The van der Waals surface area contributed by atoms with Gasteiger partial charge in [-0.1, -0.05) is 72.8 Å². The third-order valence-corrected chi connectivity index (χ3v) is 7.42. The van der Waals surface area contributed by atoms with Crippen LogP contribution in [0.3, 0.4) is 0 Å². The number of aliphatic carboxylic acids is 1. The van der Waals surface area contributed by atoms with Crippen LogP contribution in [0.1, 0.15) is 24.1 Å². The first-order valence-electron chi connectivity index (χ1n) is 12.0. The van der Waals surface area contributed by atoms with Crippen molar-refractivity contribution < 1.29 is 24.2 Å². The molecule has 7 heteroatoms. The Labute approximate surface area is 209 Å². The lowest BCUT2D eigenvalue weighted by atomic mass is 9.76. The van der Waals surface area contributed by atoms with E-state index in [1.54, 1.807) is 18.2 Å². The molecule has 0 bridgehead atoms. The number of hydrogen-bond acceptors (Lipinski definition) is 5. The number of nitrogens with one attached hydrogen (secondary N) is 1. The lowest BCUT2D eigenvalue weighted by Crippen LogP contribution is -2.57. The molecule has 2 aliphatic heterocycles. The molecular formula is C29H28N2O5. The number of carboxylic acids is 1. The van der Waals surface area contributed by atoms with Crippen LogP contribution in [0.25, 0.3) is 10.8 Å². The number of rotatable bonds is 7. The number of ether oxygens (including phenoxy) is 1. The highest BCUT2D eigenvalue weighted by molar-refractivity contribution is 6.09. The van der Waals surface area contributed by atoms with E-state index in [1.165, 1.54) is 12.0 Å². The number of benzene rings is 3. The number of allylic oxidation sites excluding steroid dienone is 1. The van der Waals surface area contributed by atoms with Crippen LogP contribution in [0.2, 0.25) is 0 Å². The van der Waals surface area contributed by atoms with Gasteiger partial charge in [-0.05, 0) is 29.3 Å². The predicted molar refractivity (Wildman–Crippen MR) is 135 cm³/mol. The van der Waals surface area contributed by atoms with Crippen LogP contribution in [-0.2, 0) is 20.8 Å². The molecule has 2 N–H and O–H groups in total.